The van der Waals surface area contributed by atoms with E-state index in [1.54, 1.807) is 11.9 Å². The Morgan fingerprint density at radius 3 is 2.33 bits per heavy atom. The van der Waals surface area contributed by atoms with E-state index in [0.717, 1.165) is 19.5 Å². The summed E-state index contributed by atoms with van der Waals surface area (Å²) in [5.41, 5.74) is 0.0830. The molecule has 4 heteroatoms. The second-order valence-electron chi connectivity index (χ2n) is 4.53. The van der Waals surface area contributed by atoms with Gasteiger partial charge in [-0.05, 0) is 25.4 Å². The summed E-state index contributed by atoms with van der Waals surface area (Å²) in [5, 5.41) is 3.28. The Morgan fingerprint density at radius 1 is 1.33 bits per heavy atom. The van der Waals surface area contributed by atoms with Gasteiger partial charge in [0.1, 0.15) is 0 Å². The molecule has 0 radical (unpaired) electrons. The third-order valence-corrected chi connectivity index (χ3v) is 2.76. The van der Waals surface area contributed by atoms with Crippen molar-refractivity contribution >= 4 is 0 Å². The lowest BCUT2D eigenvalue weighted by molar-refractivity contribution is 0.0775. The van der Waals surface area contributed by atoms with E-state index in [9.17, 15) is 8.78 Å². The van der Waals surface area contributed by atoms with Gasteiger partial charge in [0.05, 0.1) is 6.54 Å². The molecule has 0 bridgehead atoms. The molecule has 0 spiro atoms. The van der Waals surface area contributed by atoms with Crippen LogP contribution in [0.15, 0.2) is 0 Å². The van der Waals surface area contributed by atoms with Gasteiger partial charge >= 0.3 is 0 Å². The Labute approximate surface area is 92.0 Å². The van der Waals surface area contributed by atoms with E-state index < -0.39 is 6.43 Å². The molecule has 0 fully saturated rings. The molecule has 1 atom stereocenters. The minimum Gasteiger partial charge on any atom is -0.316 e. The highest BCUT2D eigenvalue weighted by Crippen LogP contribution is 2.21. The third-order valence-electron chi connectivity index (χ3n) is 2.76. The molecule has 0 heterocycles. The van der Waals surface area contributed by atoms with Crippen molar-refractivity contribution in [2.75, 3.05) is 33.2 Å². The Morgan fingerprint density at radius 2 is 1.93 bits per heavy atom. The largest absolute Gasteiger partial charge is 0.316 e. The van der Waals surface area contributed by atoms with Gasteiger partial charge in [0.15, 0.2) is 0 Å². The molecule has 0 aliphatic rings. The van der Waals surface area contributed by atoms with Crippen LogP contribution in [-0.4, -0.2) is 44.6 Å². The maximum absolute atomic E-state index is 12.2. The predicted molar refractivity (Wildman–Crippen MR) is 60.4 cm³/mol. The first-order valence-corrected chi connectivity index (χ1v) is 5.61. The maximum Gasteiger partial charge on any atom is 0.251 e. The summed E-state index contributed by atoms with van der Waals surface area (Å²) in [4.78, 5) is 1.71. The average Bonchev–Trinajstić information content (AvgIpc) is 2.13. The number of halogens is 2. The lowest BCUT2D eigenvalue weighted by Gasteiger charge is -2.33. The molecule has 0 aromatic carbocycles. The Bertz CT molecular complexity index is 165. The topological polar surface area (TPSA) is 15.3 Å². The second-order valence-corrected chi connectivity index (χ2v) is 4.53. The van der Waals surface area contributed by atoms with Crippen molar-refractivity contribution in [1.82, 2.24) is 10.2 Å². The van der Waals surface area contributed by atoms with E-state index in [1.165, 1.54) is 0 Å². The number of hydrogen-bond donors (Lipinski definition) is 1. The fourth-order valence-electron chi connectivity index (χ4n) is 1.67. The van der Waals surface area contributed by atoms with Gasteiger partial charge in [0.25, 0.3) is 6.43 Å². The van der Waals surface area contributed by atoms with Gasteiger partial charge in [-0.15, -0.1) is 0 Å². The van der Waals surface area contributed by atoms with Crippen LogP contribution in [-0.2, 0) is 0 Å². The van der Waals surface area contributed by atoms with Crippen LogP contribution in [0.25, 0.3) is 0 Å². The Hall–Kier alpha value is -0.220. The van der Waals surface area contributed by atoms with Crippen molar-refractivity contribution in [3.8, 4) is 0 Å². The van der Waals surface area contributed by atoms with Crippen molar-refractivity contribution in [2.45, 2.75) is 33.6 Å². The van der Waals surface area contributed by atoms with Crippen LogP contribution in [0, 0.1) is 5.41 Å². The maximum atomic E-state index is 12.2. The van der Waals surface area contributed by atoms with Crippen molar-refractivity contribution in [3.05, 3.63) is 0 Å². The zero-order chi connectivity index (χ0) is 11.9. The third kappa shape index (κ3) is 6.79. The average molecular weight is 222 g/mol. The first-order chi connectivity index (χ1) is 6.93. The van der Waals surface area contributed by atoms with Crippen molar-refractivity contribution in [3.63, 3.8) is 0 Å². The first kappa shape index (κ1) is 14.8. The fraction of sp³-hybridized carbons (Fsp3) is 1.00. The molecule has 0 saturated heterocycles. The Kier molecular flexibility index (Phi) is 7.02. The molecule has 0 amide bonds. The molecule has 0 aromatic rings. The predicted octanol–water partition coefficient (Wildman–Crippen LogP) is 2.21. The summed E-state index contributed by atoms with van der Waals surface area (Å²) in [6, 6.07) is 0. The zero-order valence-electron chi connectivity index (χ0n) is 10.3. The van der Waals surface area contributed by atoms with E-state index in [0.29, 0.717) is 6.54 Å². The highest BCUT2D eigenvalue weighted by molar-refractivity contribution is 4.78. The van der Waals surface area contributed by atoms with Gasteiger partial charge in [0, 0.05) is 13.1 Å². The summed E-state index contributed by atoms with van der Waals surface area (Å²) in [7, 11) is 1.76. The highest BCUT2D eigenvalue weighted by atomic mass is 19.3. The van der Waals surface area contributed by atoms with Gasteiger partial charge in [-0.2, -0.15) is 0 Å². The molecule has 0 aliphatic carbocycles. The molecule has 0 aliphatic heterocycles. The standard InChI is InChI=1S/C11H24F2N2/c1-5-11(3,8-14-6-2)9-15(4)7-10(12)13/h10,14H,5-9H2,1-4H3. The summed E-state index contributed by atoms with van der Waals surface area (Å²) >= 11 is 0. The monoisotopic (exact) mass is 222 g/mol. The van der Waals surface area contributed by atoms with Crippen molar-refractivity contribution < 1.29 is 8.78 Å². The SMILES string of the molecule is CCNCC(C)(CC)CN(C)CC(F)F. The molecular formula is C11H24F2N2. The minimum atomic E-state index is -2.24. The summed E-state index contributed by atoms with van der Waals surface area (Å²) in [5.74, 6) is 0. The number of rotatable bonds is 8. The summed E-state index contributed by atoms with van der Waals surface area (Å²) < 4.78 is 24.3. The van der Waals surface area contributed by atoms with Gasteiger partial charge in [0.2, 0.25) is 0 Å². The Balaban J connectivity index is 4.05. The van der Waals surface area contributed by atoms with E-state index in [1.807, 2.05) is 0 Å². The lowest BCUT2D eigenvalue weighted by Crippen LogP contribution is -2.42. The molecule has 0 rings (SSSR count). The zero-order valence-corrected chi connectivity index (χ0v) is 10.3. The fourth-order valence-corrected chi connectivity index (χ4v) is 1.67. The minimum absolute atomic E-state index is 0.0830. The van der Waals surface area contributed by atoms with Crippen LogP contribution >= 0.6 is 0 Å². The van der Waals surface area contributed by atoms with E-state index >= 15 is 0 Å². The van der Waals surface area contributed by atoms with Crippen molar-refractivity contribution in [1.29, 1.82) is 0 Å². The molecule has 92 valence electrons. The van der Waals surface area contributed by atoms with Crippen LogP contribution in [0.3, 0.4) is 0 Å². The van der Waals surface area contributed by atoms with Crippen LogP contribution < -0.4 is 5.32 Å². The van der Waals surface area contributed by atoms with E-state index in [2.05, 4.69) is 26.1 Å². The smallest absolute Gasteiger partial charge is 0.251 e. The van der Waals surface area contributed by atoms with Gasteiger partial charge in [-0.25, -0.2) is 8.78 Å². The van der Waals surface area contributed by atoms with Crippen LogP contribution in [0.2, 0.25) is 0 Å². The quantitative estimate of drug-likeness (QED) is 0.677. The number of nitrogens with zero attached hydrogens (tertiary/aromatic N) is 1. The summed E-state index contributed by atoms with van der Waals surface area (Å²) in [6.07, 6.45) is -1.25. The normalized spacial score (nSPS) is 16.0. The molecule has 0 saturated carbocycles. The first-order valence-electron chi connectivity index (χ1n) is 5.61. The van der Waals surface area contributed by atoms with Crippen molar-refractivity contribution in [2.24, 2.45) is 5.41 Å². The number of alkyl halides is 2. The number of nitrogens with one attached hydrogen (secondary N) is 1. The summed E-state index contributed by atoms with van der Waals surface area (Å²) in [6.45, 7) is 8.68. The van der Waals surface area contributed by atoms with E-state index in [4.69, 9.17) is 0 Å². The molecule has 1 N–H and O–H groups in total. The van der Waals surface area contributed by atoms with Crippen LogP contribution in [0.4, 0.5) is 8.78 Å². The van der Waals surface area contributed by atoms with Crippen LogP contribution in [0.1, 0.15) is 27.2 Å². The molecular weight excluding hydrogens is 198 g/mol. The number of hydrogen-bond acceptors (Lipinski definition) is 2. The molecule has 2 nitrogen and oxygen atoms in total. The van der Waals surface area contributed by atoms with Gasteiger partial charge in [-0.1, -0.05) is 20.8 Å². The van der Waals surface area contributed by atoms with Gasteiger partial charge < -0.3 is 10.2 Å². The van der Waals surface area contributed by atoms with E-state index in [-0.39, 0.29) is 12.0 Å². The van der Waals surface area contributed by atoms with Gasteiger partial charge in [-0.3, -0.25) is 0 Å². The molecule has 0 aromatic heterocycles. The second kappa shape index (κ2) is 7.12. The van der Waals surface area contributed by atoms with Crippen LogP contribution in [0.5, 0.6) is 0 Å². The molecule has 1 unspecified atom stereocenters. The lowest BCUT2D eigenvalue weighted by atomic mass is 9.87. The molecule has 15 heavy (non-hydrogen) atoms. The highest BCUT2D eigenvalue weighted by Gasteiger charge is 2.24.